The quantitative estimate of drug-likeness (QED) is 0.701. The number of rotatable bonds is 0. The van der Waals surface area contributed by atoms with Gasteiger partial charge in [-0.25, -0.2) is 4.98 Å². The van der Waals surface area contributed by atoms with E-state index < -0.39 is 6.10 Å². The normalized spacial score (nSPS) is 19.7. The second kappa shape index (κ2) is 3.46. The topological polar surface area (TPSA) is 60.4 Å². The summed E-state index contributed by atoms with van der Waals surface area (Å²) in [5, 5.41) is 11.0. The van der Waals surface area contributed by atoms with Gasteiger partial charge >= 0.3 is 0 Å². The smallest absolute Gasteiger partial charge is 0.214 e. The minimum atomic E-state index is -0.393. The first-order valence-electron chi connectivity index (χ1n) is 5.67. The van der Waals surface area contributed by atoms with Crippen LogP contribution in [0, 0.1) is 0 Å². The Kier molecular flexibility index (Phi) is 2.07. The van der Waals surface area contributed by atoms with Crippen molar-refractivity contribution in [3.05, 3.63) is 35.5 Å². The Morgan fingerprint density at radius 1 is 1.31 bits per heavy atom. The summed E-state index contributed by atoms with van der Waals surface area (Å²) in [5.74, 6) is 0. The largest absolute Gasteiger partial charge is 0.398 e. The number of aliphatic hydroxyl groups excluding tert-OH is 1. The van der Waals surface area contributed by atoms with Gasteiger partial charge in [0.05, 0.1) is 11.1 Å². The number of hydrogen-bond donors (Lipinski definition) is 2. The number of benzene rings is 1. The van der Waals surface area contributed by atoms with Gasteiger partial charge in [0.2, 0.25) is 11.2 Å². The Labute approximate surface area is 93.9 Å². The zero-order valence-corrected chi connectivity index (χ0v) is 9.03. The molecular formula is C13H15N2O+. The molecular weight excluding hydrogens is 200 g/mol. The molecule has 1 aromatic heterocycles. The van der Waals surface area contributed by atoms with Gasteiger partial charge in [-0.2, -0.15) is 0 Å². The second-order valence-corrected chi connectivity index (χ2v) is 4.38. The first-order valence-corrected chi connectivity index (χ1v) is 5.67. The van der Waals surface area contributed by atoms with Crippen LogP contribution in [-0.4, -0.2) is 5.11 Å². The van der Waals surface area contributed by atoms with Crippen molar-refractivity contribution in [2.45, 2.75) is 25.4 Å². The van der Waals surface area contributed by atoms with Crippen molar-refractivity contribution < 1.29 is 10.1 Å². The van der Waals surface area contributed by atoms with Crippen molar-refractivity contribution in [2.24, 2.45) is 0 Å². The van der Waals surface area contributed by atoms with Crippen molar-refractivity contribution in [3.8, 4) is 0 Å². The fourth-order valence-corrected chi connectivity index (χ4v) is 2.53. The lowest BCUT2D eigenvalue weighted by molar-refractivity contribution is -0.370. The number of para-hydroxylation sites is 1. The predicted octanol–water partition coefficient (Wildman–Crippen LogP) is 1.61. The van der Waals surface area contributed by atoms with Crippen LogP contribution in [0.15, 0.2) is 24.3 Å². The molecule has 0 saturated carbocycles. The van der Waals surface area contributed by atoms with Gasteiger partial charge < -0.3 is 10.8 Å². The summed E-state index contributed by atoms with van der Waals surface area (Å²) in [6.07, 6.45) is 2.39. The number of aromatic nitrogens is 1. The van der Waals surface area contributed by atoms with Gasteiger partial charge in [0.1, 0.15) is 6.10 Å². The Morgan fingerprint density at radius 3 is 3.00 bits per heavy atom. The Morgan fingerprint density at radius 2 is 2.12 bits per heavy atom. The number of nitrogens with one attached hydrogen (secondary N) is 1. The van der Waals surface area contributed by atoms with Gasteiger partial charge in [0.15, 0.2) is 0 Å². The molecule has 0 aliphatic heterocycles. The number of aromatic amines is 1. The van der Waals surface area contributed by atoms with Gasteiger partial charge in [0.25, 0.3) is 0 Å². The zero-order chi connectivity index (χ0) is 11.1. The van der Waals surface area contributed by atoms with E-state index in [2.05, 4.69) is 4.98 Å². The van der Waals surface area contributed by atoms with Crippen LogP contribution in [0.5, 0.6) is 0 Å². The van der Waals surface area contributed by atoms with Crippen LogP contribution in [0.4, 0.5) is 5.69 Å². The summed E-state index contributed by atoms with van der Waals surface area (Å²) in [5.41, 5.74) is 9.99. The number of pyridine rings is 1. The van der Waals surface area contributed by atoms with E-state index in [0.717, 1.165) is 47.1 Å². The lowest BCUT2D eigenvalue weighted by atomic mass is 9.91. The van der Waals surface area contributed by atoms with Crippen molar-refractivity contribution in [2.75, 3.05) is 5.73 Å². The number of aliphatic hydroxyl groups is 1. The molecule has 16 heavy (non-hydrogen) atoms. The van der Waals surface area contributed by atoms with Crippen LogP contribution >= 0.6 is 0 Å². The van der Waals surface area contributed by atoms with Gasteiger partial charge in [-0.3, -0.25) is 0 Å². The summed E-state index contributed by atoms with van der Waals surface area (Å²) in [7, 11) is 0. The Hall–Kier alpha value is -1.61. The standard InChI is InChI=1S/C13H14N2O/c14-12-8-4-1-2-6-10(8)15-13-9(12)5-3-7-11(13)16/h1-2,4,6,11,16H,3,5,7H2,(H2,14,15)/p+1/t11-/m1/s1. The third-order valence-corrected chi connectivity index (χ3v) is 3.37. The number of hydrogen-bond acceptors (Lipinski definition) is 2. The molecule has 2 aromatic rings. The van der Waals surface area contributed by atoms with Gasteiger partial charge in [-0.15, -0.1) is 0 Å². The van der Waals surface area contributed by atoms with E-state index >= 15 is 0 Å². The van der Waals surface area contributed by atoms with E-state index in [-0.39, 0.29) is 0 Å². The highest BCUT2D eigenvalue weighted by atomic mass is 16.3. The fourth-order valence-electron chi connectivity index (χ4n) is 2.53. The molecule has 0 spiro atoms. The summed E-state index contributed by atoms with van der Waals surface area (Å²) in [6, 6.07) is 7.97. The molecule has 3 nitrogen and oxygen atoms in total. The molecule has 1 aromatic carbocycles. The fraction of sp³-hybridized carbons (Fsp3) is 0.308. The summed E-state index contributed by atoms with van der Waals surface area (Å²) in [6.45, 7) is 0. The molecule has 82 valence electrons. The van der Waals surface area contributed by atoms with Gasteiger partial charge in [-0.1, -0.05) is 12.1 Å². The van der Waals surface area contributed by atoms with E-state index in [4.69, 9.17) is 5.73 Å². The Bertz CT molecular complexity index is 551. The highest BCUT2D eigenvalue weighted by Crippen LogP contribution is 2.33. The van der Waals surface area contributed by atoms with Crippen LogP contribution in [-0.2, 0) is 6.42 Å². The molecule has 1 aliphatic rings. The van der Waals surface area contributed by atoms with Crippen LogP contribution in [0.3, 0.4) is 0 Å². The molecule has 0 fully saturated rings. The molecule has 0 unspecified atom stereocenters. The number of anilines is 1. The maximum absolute atomic E-state index is 9.96. The lowest BCUT2D eigenvalue weighted by Gasteiger charge is -2.18. The molecule has 1 heterocycles. The maximum atomic E-state index is 9.96. The molecule has 4 N–H and O–H groups in total. The summed E-state index contributed by atoms with van der Waals surface area (Å²) >= 11 is 0. The molecule has 0 saturated heterocycles. The van der Waals surface area contributed by atoms with Crippen LogP contribution < -0.4 is 10.7 Å². The van der Waals surface area contributed by atoms with E-state index in [1.165, 1.54) is 0 Å². The van der Waals surface area contributed by atoms with E-state index in [1.807, 2.05) is 24.3 Å². The molecule has 0 amide bonds. The van der Waals surface area contributed by atoms with E-state index in [0.29, 0.717) is 0 Å². The van der Waals surface area contributed by atoms with Gasteiger partial charge in [0, 0.05) is 11.6 Å². The minimum absolute atomic E-state index is 0.393. The third-order valence-electron chi connectivity index (χ3n) is 3.37. The highest BCUT2D eigenvalue weighted by Gasteiger charge is 2.27. The summed E-state index contributed by atoms with van der Waals surface area (Å²) < 4.78 is 0. The highest BCUT2D eigenvalue weighted by molar-refractivity contribution is 5.89. The zero-order valence-electron chi connectivity index (χ0n) is 9.03. The monoisotopic (exact) mass is 215 g/mol. The first kappa shape index (κ1) is 9.60. The molecule has 3 heteroatoms. The van der Waals surface area contributed by atoms with Crippen LogP contribution in [0.2, 0.25) is 0 Å². The SMILES string of the molecule is Nc1c2c([nH+]c3ccccc13)[C@H](O)CCC2. The maximum Gasteiger partial charge on any atom is 0.214 e. The lowest BCUT2D eigenvalue weighted by Crippen LogP contribution is -2.24. The van der Waals surface area contributed by atoms with Crippen LogP contribution in [0.1, 0.15) is 30.2 Å². The van der Waals surface area contributed by atoms with E-state index in [1.54, 1.807) is 0 Å². The number of nitrogens with two attached hydrogens (primary N) is 1. The number of H-pyrrole nitrogens is 1. The summed E-state index contributed by atoms with van der Waals surface area (Å²) in [4.78, 5) is 3.31. The van der Waals surface area contributed by atoms with E-state index in [9.17, 15) is 5.11 Å². The molecule has 0 radical (unpaired) electrons. The predicted molar refractivity (Wildman–Crippen MR) is 62.8 cm³/mol. The van der Waals surface area contributed by atoms with Crippen molar-refractivity contribution in [3.63, 3.8) is 0 Å². The molecule has 0 bridgehead atoms. The molecule has 1 atom stereocenters. The first-order chi connectivity index (χ1) is 7.77. The van der Waals surface area contributed by atoms with Crippen molar-refractivity contribution >= 4 is 16.6 Å². The average molecular weight is 215 g/mol. The van der Waals surface area contributed by atoms with Gasteiger partial charge in [-0.05, 0) is 25.3 Å². The number of nitrogen functional groups attached to an aromatic ring is 1. The molecule has 3 rings (SSSR count). The second-order valence-electron chi connectivity index (χ2n) is 4.38. The number of fused-ring (bicyclic) bond motifs is 2. The molecule has 1 aliphatic carbocycles. The van der Waals surface area contributed by atoms with Crippen LogP contribution in [0.25, 0.3) is 10.9 Å². The third kappa shape index (κ3) is 1.28. The average Bonchev–Trinajstić information content (AvgIpc) is 2.31. The van der Waals surface area contributed by atoms with Crippen molar-refractivity contribution in [1.82, 2.24) is 0 Å². The van der Waals surface area contributed by atoms with Crippen molar-refractivity contribution in [1.29, 1.82) is 0 Å². The minimum Gasteiger partial charge on any atom is -0.398 e. The Balaban J connectivity index is 2.36.